The smallest absolute Gasteiger partial charge is 0.406 e. The molecule has 0 heterocycles. The van der Waals surface area contributed by atoms with E-state index in [4.69, 9.17) is 0 Å². The van der Waals surface area contributed by atoms with Gasteiger partial charge in [0, 0.05) is 12.0 Å². The molecule has 2 unspecified atom stereocenters. The summed E-state index contributed by atoms with van der Waals surface area (Å²) in [5.41, 5.74) is 1.76. The summed E-state index contributed by atoms with van der Waals surface area (Å²) in [6.07, 6.45) is -5.19. The molecule has 1 amide bonds. The molecule has 4 nitrogen and oxygen atoms in total. The van der Waals surface area contributed by atoms with Gasteiger partial charge in [0.2, 0.25) is 0 Å². The predicted octanol–water partition coefficient (Wildman–Crippen LogP) is 2.97. The summed E-state index contributed by atoms with van der Waals surface area (Å²) >= 11 is 0. The average Bonchev–Trinajstić information content (AvgIpc) is 2.82. The maximum Gasteiger partial charge on any atom is 0.573 e. The quantitative estimate of drug-likeness (QED) is 0.905. The number of aliphatic hydroxyl groups excluding tert-OH is 1. The van der Waals surface area contributed by atoms with E-state index in [0.717, 1.165) is 23.3 Å². The summed E-state index contributed by atoms with van der Waals surface area (Å²) < 4.78 is 40.6. The fourth-order valence-electron chi connectivity index (χ4n) is 2.81. The third-order valence-corrected chi connectivity index (χ3v) is 3.82. The Morgan fingerprint density at radius 2 is 1.92 bits per heavy atom. The van der Waals surface area contributed by atoms with Crippen LogP contribution in [-0.2, 0) is 6.42 Å². The number of aliphatic hydroxyl groups is 1. The van der Waals surface area contributed by atoms with Gasteiger partial charge in [-0.1, -0.05) is 30.3 Å². The van der Waals surface area contributed by atoms with Gasteiger partial charge >= 0.3 is 6.36 Å². The highest BCUT2D eigenvalue weighted by atomic mass is 19.4. The molecular weight excluding hydrogens is 323 g/mol. The molecule has 0 saturated carbocycles. The van der Waals surface area contributed by atoms with Crippen LogP contribution in [0.3, 0.4) is 0 Å². The Kier molecular flexibility index (Phi) is 4.19. The van der Waals surface area contributed by atoms with E-state index in [-0.39, 0.29) is 5.56 Å². The topological polar surface area (TPSA) is 58.6 Å². The fourth-order valence-corrected chi connectivity index (χ4v) is 2.81. The monoisotopic (exact) mass is 337 g/mol. The zero-order chi connectivity index (χ0) is 17.3. The highest BCUT2D eigenvalue weighted by Crippen LogP contribution is 2.31. The number of rotatable bonds is 3. The first-order valence-electron chi connectivity index (χ1n) is 7.26. The number of carbonyl (C=O) groups excluding carboxylic acids is 1. The van der Waals surface area contributed by atoms with Gasteiger partial charge in [0.15, 0.2) is 0 Å². The van der Waals surface area contributed by atoms with Crippen LogP contribution < -0.4 is 10.1 Å². The zero-order valence-corrected chi connectivity index (χ0v) is 12.4. The van der Waals surface area contributed by atoms with Crippen LogP contribution in [0, 0.1) is 0 Å². The number of benzene rings is 2. The van der Waals surface area contributed by atoms with Crippen LogP contribution in [0.4, 0.5) is 13.2 Å². The number of hydrogen-bond acceptors (Lipinski definition) is 3. The average molecular weight is 337 g/mol. The fraction of sp³-hybridized carbons (Fsp3) is 0.235. The highest BCUT2D eigenvalue weighted by Gasteiger charge is 2.33. The summed E-state index contributed by atoms with van der Waals surface area (Å²) in [5, 5.41) is 12.8. The Hall–Kier alpha value is -2.54. The first-order chi connectivity index (χ1) is 11.3. The molecule has 0 spiro atoms. The summed E-state index contributed by atoms with van der Waals surface area (Å²) in [4.78, 5) is 12.3. The summed E-state index contributed by atoms with van der Waals surface area (Å²) in [6, 6.07) is 11.5. The van der Waals surface area contributed by atoms with Crippen molar-refractivity contribution in [2.75, 3.05) is 0 Å². The minimum atomic E-state index is -4.82. The molecule has 0 saturated heterocycles. The summed E-state index contributed by atoms with van der Waals surface area (Å²) in [6.45, 7) is 0. The second kappa shape index (κ2) is 6.16. The SMILES string of the molecule is O=C(NC1c2ccccc2CC1O)c1cccc(OC(F)(F)F)c1. The molecule has 0 bridgehead atoms. The Labute approximate surface area is 135 Å². The maximum absolute atomic E-state index is 12.3. The molecule has 1 aliphatic rings. The molecule has 1 aliphatic carbocycles. The van der Waals surface area contributed by atoms with E-state index >= 15 is 0 Å². The van der Waals surface area contributed by atoms with E-state index in [1.807, 2.05) is 12.1 Å². The maximum atomic E-state index is 12.3. The zero-order valence-electron chi connectivity index (χ0n) is 12.4. The number of carbonyl (C=O) groups is 1. The Morgan fingerprint density at radius 3 is 2.67 bits per heavy atom. The van der Waals surface area contributed by atoms with Crippen molar-refractivity contribution in [2.24, 2.45) is 0 Å². The van der Waals surface area contributed by atoms with Crippen LogP contribution in [-0.4, -0.2) is 23.5 Å². The molecule has 0 radical (unpaired) electrons. The van der Waals surface area contributed by atoms with Crippen LogP contribution in [0.25, 0.3) is 0 Å². The van der Waals surface area contributed by atoms with Crippen molar-refractivity contribution in [3.63, 3.8) is 0 Å². The molecule has 0 aromatic heterocycles. The van der Waals surface area contributed by atoms with Crippen LogP contribution in [0.1, 0.15) is 27.5 Å². The minimum Gasteiger partial charge on any atom is -0.406 e. The van der Waals surface area contributed by atoms with E-state index in [1.54, 1.807) is 12.1 Å². The van der Waals surface area contributed by atoms with E-state index in [9.17, 15) is 23.1 Å². The number of fused-ring (bicyclic) bond motifs is 1. The van der Waals surface area contributed by atoms with Crippen LogP contribution in [0.15, 0.2) is 48.5 Å². The van der Waals surface area contributed by atoms with Crippen molar-refractivity contribution in [3.8, 4) is 5.75 Å². The van der Waals surface area contributed by atoms with Gasteiger partial charge in [-0.2, -0.15) is 0 Å². The normalized spacial score (nSPS) is 19.7. The number of nitrogens with one attached hydrogen (secondary N) is 1. The predicted molar refractivity (Wildman–Crippen MR) is 79.5 cm³/mol. The van der Waals surface area contributed by atoms with Crippen molar-refractivity contribution in [2.45, 2.75) is 24.9 Å². The van der Waals surface area contributed by atoms with Gasteiger partial charge in [-0.05, 0) is 29.3 Å². The lowest BCUT2D eigenvalue weighted by Crippen LogP contribution is -2.33. The Balaban J connectivity index is 1.77. The summed E-state index contributed by atoms with van der Waals surface area (Å²) in [5.74, 6) is -1.05. The van der Waals surface area contributed by atoms with Crippen molar-refractivity contribution in [3.05, 3.63) is 65.2 Å². The van der Waals surface area contributed by atoms with Crippen LogP contribution >= 0.6 is 0 Å². The molecular formula is C17H14F3NO3. The van der Waals surface area contributed by atoms with E-state index in [1.165, 1.54) is 12.1 Å². The van der Waals surface area contributed by atoms with Gasteiger partial charge in [-0.15, -0.1) is 13.2 Å². The largest absolute Gasteiger partial charge is 0.573 e. The van der Waals surface area contributed by atoms with Gasteiger partial charge in [0.1, 0.15) is 5.75 Å². The first-order valence-corrected chi connectivity index (χ1v) is 7.26. The molecule has 3 rings (SSSR count). The minimum absolute atomic E-state index is 0.0216. The second-order valence-electron chi connectivity index (χ2n) is 5.50. The van der Waals surface area contributed by atoms with Crippen molar-refractivity contribution < 1.29 is 27.8 Å². The van der Waals surface area contributed by atoms with E-state index < -0.39 is 30.2 Å². The molecule has 2 aromatic rings. The number of alkyl halides is 3. The van der Waals surface area contributed by atoms with Gasteiger partial charge in [0.25, 0.3) is 5.91 Å². The van der Waals surface area contributed by atoms with Crippen molar-refractivity contribution in [1.29, 1.82) is 0 Å². The standard InChI is InChI=1S/C17H14F3NO3/c18-17(19,20)24-12-6-3-5-11(8-12)16(23)21-15-13-7-2-1-4-10(13)9-14(15)22/h1-8,14-15,22H,9H2,(H,21,23). The molecule has 7 heteroatoms. The van der Waals surface area contributed by atoms with Crippen molar-refractivity contribution in [1.82, 2.24) is 5.32 Å². The van der Waals surface area contributed by atoms with Gasteiger partial charge in [0.05, 0.1) is 12.1 Å². The van der Waals surface area contributed by atoms with Gasteiger partial charge in [-0.25, -0.2) is 0 Å². The third kappa shape index (κ3) is 3.51. The number of amides is 1. The molecule has 0 fully saturated rings. The van der Waals surface area contributed by atoms with Gasteiger partial charge in [-0.3, -0.25) is 4.79 Å². The molecule has 2 atom stereocenters. The number of ether oxygens (including phenoxy) is 1. The van der Waals surface area contributed by atoms with Crippen molar-refractivity contribution >= 4 is 5.91 Å². The molecule has 24 heavy (non-hydrogen) atoms. The lowest BCUT2D eigenvalue weighted by Gasteiger charge is -2.18. The third-order valence-electron chi connectivity index (χ3n) is 3.82. The molecule has 2 N–H and O–H groups in total. The van der Waals surface area contributed by atoms with E-state index in [2.05, 4.69) is 10.1 Å². The van der Waals surface area contributed by atoms with Crippen LogP contribution in [0.5, 0.6) is 5.75 Å². The number of hydrogen-bond donors (Lipinski definition) is 2. The Bertz CT molecular complexity index is 761. The van der Waals surface area contributed by atoms with Crippen LogP contribution in [0.2, 0.25) is 0 Å². The van der Waals surface area contributed by atoms with E-state index in [0.29, 0.717) is 6.42 Å². The molecule has 126 valence electrons. The first kappa shape index (κ1) is 16.3. The highest BCUT2D eigenvalue weighted by molar-refractivity contribution is 5.95. The number of halogens is 3. The molecule has 0 aliphatic heterocycles. The molecule has 2 aromatic carbocycles. The second-order valence-corrected chi connectivity index (χ2v) is 5.50. The van der Waals surface area contributed by atoms with Gasteiger partial charge < -0.3 is 15.2 Å². The lowest BCUT2D eigenvalue weighted by atomic mass is 10.1. The summed E-state index contributed by atoms with van der Waals surface area (Å²) in [7, 11) is 0. The Morgan fingerprint density at radius 1 is 1.17 bits per heavy atom. The lowest BCUT2D eigenvalue weighted by molar-refractivity contribution is -0.274.